The van der Waals surface area contributed by atoms with Crippen molar-refractivity contribution in [3.05, 3.63) is 157 Å². The molecule has 0 bridgehead atoms. The second kappa shape index (κ2) is 9.57. The van der Waals surface area contributed by atoms with Gasteiger partial charge >= 0.3 is 0 Å². The Morgan fingerprint density at radius 2 is 1.04 bits per heavy atom. The molecular formula is C45H30N2. The van der Waals surface area contributed by atoms with E-state index in [1.165, 1.54) is 65.7 Å². The monoisotopic (exact) mass is 598 g/mol. The van der Waals surface area contributed by atoms with Crippen LogP contribution in [0.2, 0.25) is 0 Å². The van der Waals surface area contributed by atoms with E-state index in [1.54, 1.807) is 0 Å². The third-order valence-corrected chi connectivity index (χ3v) is 10.5. The lowest BCUT2D eigenvalue weighted by Gasteiger charge is -2.22. The fraction of sp³-hybridized carbons (Fsp3) is 0.0667. The van der Waals surface area contributed by atoms with Gasteiger partial charge in [0.05, 0.1) is 16.7 Å². The van der Waals surface area contributed by atoms with Gasteiger partial charge in [0.15, 0.2) is 0 Å². The molecule has 2 aromatic heterocycles. The molecule has 47 heavy (non-hydrogen) atoms. The number of nitrogens with zero attached hydrogens (tertiary/aromatic N) is 2. The number of pyridine rings is 2. The van der Waals surface area contributed by atoms with Gasteiger partial charge in [-0.2, -0.15) is 0 Å². The van der Waals surface area contributed by atoms with E-state index in [2.05, 4.69) is 152 Å². The molecule has 0 radical (unpaired) electrons. The van der Waals surface area contributed by atoms with Gasteiger partial charge in [-0.3, -0.25) is 4.98 Å². The third-order valence-electron chi connectivity index (χ3n) is 10.5. The molecule has 0 saturated carbocycles. The van der Waals surface area contributed by atoms with Crippen LogP contribution in [-0.2, 0) is 5.41 Å². The highest BCUT2D eigenvalue weighted by Gasteiger charge is 2.36. The Hall–Kier alpha value is -5.86. The molecule has 0 fully saturated rings. The van der Waals surface area contributed by atoms with Crippen molar-refractivity contribution in [1.82, 2.24) is 9.97 Å². The molecule has 220 valence electrons. The summed E-state index contributed by atoms with van der Waals surface area (Å²) in [5, 5.41) is 10.1. The first kappa shape index (κ1) is 26.4. The predicted molar refractivity (Wildman–Crippen MR) is 198 cm³/mol. The van der Waals surface area contributed by atoms with Gasteiger partial charge in [0.2, 0.25) is 0 Å². The predicted octanol–water partition coefficient (Wildman–Crippen LogP) is 11.9. The number of benzene rings is 7. The molecule has 0 aliphatic heterocycles. The molecule has 0 unspecified atom stereocenters. The maximum Gasteiger partial charge on any atom is 0.0972 e. The van der Waals surface area contributed by atoms with Crippen molar-refractivity contribution in [2.24, 2.45) is 0 Å². The molecule has 2 nitrogen and oxygen atoms in total. The molecule has 2 heteroatoms. The molecule has 0 saturated heterocycles. The topological polar surface area (TPSA) is 25.8 Å². The molecule has 0 N–H and O–H groups in total. The van der Waals surface area contributed by atoms with Gasteiger partial charge in [-0.15, -0.1) is 0 Å². The quantitative estimate of drug-likeness (QED) is 0.185. The SMILES string of the molecule is CC1(C)c2ccc(-c3cccc(-c4ccc5ccc6cccnc6c5n4)c3)cc2-c2cc3c4ccccc4c4ccccc4c3cc21. The Morgan fingerprint density at radius 3 is 1.81 bits per heavy atom. The fourth-order valence-corrected chi connectivity index (χ4v) is 8.07. The molecule has 1 aliphatic rings. The van der Waals surface area contributed by atoms with Crippen LogP contribution < -0.4 is 0 Å². The van der Waals surface area contributed by atoms with E-state index >= 15 is 0 Å². The van der Waals surface area contributed by atoms with Gasteiger partial charge in [-0.1, -0.05) is 117 Å². The summed E-state index contributed by atoms with van der Waals surface area (Å²) >= 11 is 0. The first-order valence-corrected chi connectivity index (χ1v) is 16.3. The largest absolute Gasteiger partial charge is 0.254 e. The minimum absolute atomic E-state index is 0.0994. The highest BCUT2D eigenvalue weighted by molar-refractivity contribution is 6.26. The van der Waals surface area contributed by atoms with Crippen molar-refractivity contribution in [3.63, 3.8) is 0 Å². The smallest absolute Gasteiger partial charge is 0.0972 e. The molecule has 2 heterocycles. The zero-order valence-corrected chi connectivity index (χ0v) is 26.3. The van der Waals surface area contributed by atoms with Crippen LogP contribution in [0.25, 0.3) is 87.6 Å². The third kappa shape index (κ3) is 3.79. The lowest BCUT2D eigenvalue weighted by Crippen LogP contribution is -2.14. The fourth-order valence-electron chi connectivity index (χ4n) is 8.07. The number of hydrogen-bond acceptors (Lipinski definition) is 2. The minimum Gasteiger partial charge on any atom is -0.254 e. The van der Waals surface area contributed by atoms with Gasteiger partial charge < -0.3 is 0 Å². The van der Waals surface area contributed by atoms with E-state index < -0.39 is 0 Å². The van der Waals surface area contributed by atoms with Crippen molar-refractivity contribution >= 4 is 54.1 Å². The second-order valence-electron chi connectivity index (χ2n) is 13.4. The van der Waals surface area contributed by atoms with E-state index in [0.717, 1.165) is 33.1 Å². The van der Waals surface area contributed by atoms with Crippen molar-refractivity contribution in [3.8, 4) is 33.5 Å². The number of fused-ring (bicyclic) bond motifs is 12. The summed E-state index contributed by atoms with van der Waals surface area (Å²) in [6.07, 6.45) is 1.84. The highest BCUT2D eigenvalue weighted by atomic mass is 14.7. The molecule has 1 aliphatic carbocycles. The zero-order valence-electron chi connectivity index (χ0n) is 26.3. The lowest BCUT2D eigenvalue weighted by atomic mass is 9.81. The van der Waals surface area contributed by atoms with Crippen LogP contribution in [0.15, 0.2) is 146 Å². The average Bonchev–Trinajstić information content (AvgIpc) is 3.35. The van der Waals surface area contributed by atoms with Crippen molar-refractivity contribution in [2.45, 2.75) is 19.3 Å². The maximum absolute atomic E-state index is 5.13. The lowest BCUT2D eigenvalue weighted by molar-refractivity contribution is 0.661. The Labute approximate surface area is 273 Å². The molecule has 7 aromatic carbocycles. The molecule has 0 spiro atoms. The summed E-state index contributed by atoms with van der Waals surface area (Å²) < 4.78 is 0. The highest BCUT2D eigenvalue weighted by Crippen LogP contribution is 2.52. The summed E-state index contributed by atoms with van der Waals surface area (Å²) in [6.45, 7) is 4.74. The van der Waals surface area contributed by atoms with Crippen LogP contribution in [0.5, 0.6) is 0 Å². The first-order valence-electron chi connectivity index (χ1n) is 16.3. The Bertz CT molecular complexity index is 2770. The summed E-state index contributed by atoms with van der Waals surface area (Å²) in [5.74, 6) is 0. The van der Waals surface area contributed by atoms with Gasteiger partial charge in [0.1, 0.15) is 0 Å². The zero-order chi connectivity index (χ0) is 31.3. The normalized spacial score (nSPS) is 13.5. The standard InChI is InChI=1S/C45H30N2/c1-45(2)40-20-18-30(29-9-7-10-31(23-29)42-21-19-28-17-16-27-11-8-22-46-43(27)44(28)47-42)24-38(40)39-25-36-34-14-5-3-12-32(34)33-13-4-6-15-35(33)37(36)26-41(39)45/h3-26H,1-2H3. The first-order chi connectivity index (χ1) is 23.0. The van der Waals surface area contributed by atoms with Crippen LogP contribution in [0, 0.1) is 0 Å². The minimum atomic E-state index is -0.0994. The van der Waals surface area contributed by atoms with E-state index in [4.69, 9.17) is 4.98 Å². The number of rotatable bonds is 2. The maximum atomic E-state index is 5.13. The van der Waals surface area contributed by atoms with Crippen LogP contribution in [-0.4, -0.2) is 9.97 Å². The molecule has 9 aromatic rings. The molecule has 0 amide bonds. The van der Waals surface area contributed by atoms with Gasteiger partial charge in [-0.05, 0) is 102 Å². The van der Waals surface area contributed by atoms with Gasteiger partial charge in [-0.25, -0.2) is 4.98 Å². The molecular weight excluding hydrogens is 569 g/mol. The summed E-state index contributed by atoms with van der Waals surface area (Å²) in [5.41, 5.74) is 11.7. The van der Waals surface area contributed by atoms with Crippen LogP contribution in [0.1, 0.15) is 25.0 Å². The number of aromatic nitrogens is 2. The Balaban J connectivity index is 1.14. The summed E-state index contributed by atoms with van der Waals surface area (Å²) in [4.78, 5) is 9.79. The van der Waals surface area contributed by atoms with Crippen LogP contribution >= 0.6 is 0 Å². The molecule has 10 rings (SSSR count). The van der Waals surface area contributed by atoms with Crippen LogP contribution in [0.3, 0.4) is 0 Å². The number of hydrogen-bond donors (Lipinski definition) is 0. The Morgan fingerprint density at radius 1 is 0.426 bits per heavy atom. The average molecular weight is 599 g/mol. The van der Waals surface area contributed by atoms with E-state index in [1.807, 2.05) is 12.3 Å². The van der Waals surface area contributed by atoms with Gasteiger partial charge in [0.25, 0.3) is 0 Å². The van der Waals surface area contributed by atoms with E-state index in [-0.39, 0.29) is 5.41 Å². The van der Waals surface area contributed by atoms with E-state index in [9.17, 15) is 0 Å². The van der Waals surface area contributed by atoms with Gasteiger partial charge in [0, 0.05) is 27.9 Å². The summed E-state index contributed by atoms with van der Waals surface area (Å²) in [7, 11) is 0. The molecule has 0 atom stereocenters. The van der Waals surface area contributed by atoms with Crippen molar-refractivity contribution in [1.29, 1.82) is 0 Å². The van der Waals surface area contributed by atoms with Crippen molar-refractivity contribution in [2.75, 3.05) is 0 Å². The van der Waals surface area contributed by atoms with Crippen molar-refractivity contribution < 1.29 is 0 Å². The summed E-state index contributed by atoms with van der Waals surface area (Å²) in [6, 6.07) is 51.1. The Kier molecular flexibility index (Phi) is 5.37. The van der Waals surface area contributed by atoms with Crippen LogP contribution in [0.4, 0.5) is 0 Å². The second-order valence-corrected chi connectivity index (χ2v) is 13.4. The van der Waals surface area contributed by atoms with E-state index in [0.29, 0.717) is 0 Å².